The van der Waals surface area contributed by atoms with Gasteiger partial charge in [-0.05, 0) is 31.6 Å². The van der Waals surface area contributed by atoms with E-state index in [4.69, 9.17) is 4.74 Å². The van der Waals surface area contributed by atoms with Crippen molar-refractivity contribution in [2.24, 2.45) is 5.41 Å². The van der Waals surface area contributed by atoms with Crippen LogP contribution in [0.1, 0.15) is 90.9 Å². The number of fused-ring (bicyclic) bond motifs is 1. The van der Waals surface area contributed by atoms with E-state index in [2.05, 4.69) is 4.98 Å². The Kier molecular flexibility index (Phi) is 4.37. The Hall–Kier alpha value is -1.91. The van der Waals surface area contributed by atoms with Gasteiger partial charge in [0.1, 0.15) is 5.56 Å². The predicted molar refractivity (Wildman–Crippen MR) is 90.7 cm³/mol. The number of ketones is 1. The number of nitrogens with one attached hydrogen (secondary N) is 1. The molecule has 1 fully saturated rings. The number of Topliss-reactive ketones (excluding diaryl/α,β-unsaturated/α-hetero) is 1. The van der Waals surface area contributed by atoms with Gasteiger partial charge in [0.25, 0.3) is 0 Å². The molecule has 1 N–H and O–H groups in total. The molecule has 0 unspecified atom stereocenters. The van der Waals surface area contributed by atoms with Crippen molar-refractivity contribution >= 4 is 11.8 Å². The normalized spacial score (nSPS) is 20.0. The average Bonchev–Trinajstić information content (AvgIpc) is 2.98. The highest BCUT2D eigenvalue weighted by atomic mass is 16.5. The first kappa shape index (κ1) is 16.9. The van der Waals surface area contributed by atoms with E-state index in [0.29, 0.717) is 24.2 Å². The van der Waals surface area contributed by atoms with Crippen LogP contribution in [0.4, 0.5) is 0 Å². The Balaban J connectivity index is 2.20. The molecular formula is C19H25NO4. The van der Waals surface area contributed by atoms with Gasteiger partial charge in [-0.3, -0.25) is 9.59 Å². The maximum absolute atomic E-state index is 13.0. The minimum atomic E-state index is -0.610. The number of hydrogen-bond donors (Lipinski definition) is 1. The Morgan fingerprint density at radius 1 is 1.21 bits per heavy atom. The summed E-state index contributed by atoms with van der Waals surface area (Å²) in [5.41, 5.74) is 0.974. The SMILES string of the molecule is CCOC(=O)c1c(C2CCCC2)[nH]c2c(c1=O)C(=O)CC(C)(C)C2. The molecule has 1 aromatic rings. The molecule has 130 valence electrons. The van der Waals surface area contributed by atoms with Crippen LogP contribution in [0.3, 0.4) is 0 Å². The lowest BCUT2D eigenvalue weighted by atomic mass is 9.75. The van der Waals surface area contributed by atoms with E-state index < -0.39 is 11.4 Å². The van der Waals surface area contributed by atoms with Gasteiger partial charge in [0.2, 0.25) is 5.43 Å². The van der Waals surface area contributed by atoms with Gasteiger partial charge in [0.15, 0.2) is 5.78 Å². The van der Waals surface area contributed by atoms with Crippen LogP contribution < -0.4 is 5.43 Å². The van der Waals surface area contributed by atoms with Crippen LogP contribution in [0.15, 0.2) is 4.79 Å². The summed E-state index contributed by atoms with van der Waals surface area (Å²) in [6, 6.07) is 0. The van der Waals surface area contributed by atoms with Gasteiger partial charge >= 0.3 is 5.97 Å². The molecule has 5 nitrogen and oxygen atoms in total. The zero-order valence-electron chi connectivity index (χ0n) is 14.7. The third-order valence-electron chi connectivity index (χ3n) is 5.13. The van der Waals surface area contributed by atoms with Crippen molar-refractivity contribution in [3.8, 4) is 0 Å². The summed E-state index contributed by atoms with van der Waals surface area (Å²) in [5, 5.41) is 0. The molecule has 0 bridgehead atoms. The van der Waals surface area contributed by atoms with E-state index >= 15 is 0 Å². The van der Waals surface area contributed by atoms with Crippen molar-refractivity contribution in [2.45, 2.75) is 65.2 Å². The molecule has 1 heterocycles. The van der Waals surface area contributed by atoms with Crippen LogP contribution in [0.5, 0.6) is 0 Å². The fourth-order valence-electron chi connectivity index (χ4n) is 4.09. The first-order valence-electron chi connectivity index (χ1n) is 8.83. The predicted octanol–water partition coefficient (Wildman–Crippen LogP) is 3.36. The van der Waals surface area contributed by atoms with Crippen LogP contribution in [-0.2, 0) is 11.2 Å². The summed E-state index contributed by atoms with van der Waals surface area (Å²) in [6.07, 6.45) is 5.07. The molecule has 2 aliphatic carbocycles. The molecule has 2 aliphatic rings. The monoisotopic (exact) mass is 331 g/mol. The van der Waals surface area contributed by atoms with Crippen molar-refractivity contribution in [2.75, 3.05) is 6.61 Å². The highest BCUT2D eigenvalue weighted by molar-refractivity contribution is 6.01. The molecule has 0 aromatic carbocycles. The number of aromatic nitrogens is 1. The standard InChI is InChI=1S/C19H25NO4/c1-4-24-18(23)15-16(11-7-5-6-8-11)20-12-9-19(2,3)10-13(21)14(12)17(15)22/h11H,4-10H2,1-3H3,(H,20,22). The molecule has 1 aromatic heterocycles. The van der Waals surface area contributed by atoms with E-state index in [0.717, 1.165) is 25.7 Å². The van der Waals surface area contributed by atoms with Crippen molar-refractivity contribution in [3.63, 3.8) is 0 Å². The molecule has 24 heavy (non-hydrogen) atoms. The average molecular weight is 331 g/mol. The first-order valence-corrected chi connectivity index (χ1v) is 8.83. The lowest BCUT2D eigenvalue weighted by molar-refractivity contribution is 0.0522. The van der Waals surface area contributed by atoms with Crippen LogP contribution in [0.25, 0.3) is 0 Å². The molecule has 0 aliphatic heterocycles. The lowest BCUT2D eigenvalue weighted by Gasteiger charge is -2.30. The summed E-state index contributed by atoms with van der Waals surface area (Å²) in [6.45, 7) is 5.98. The highest BCUT2D eigenvalue weighted by Gasteiger charge is 2.37. The van der Waals surface area contributed by atoms with E-state index in [9.17, 15) is 14.4 Å². The van der Waals surface area contributed by atoms with E-state index in [1.54, 1.807) is 6.92 Å². The van der Waals surface area contributed by atoms with Gasteiger partial charge in [-0.15, -0.1) is 0 Å². The number of H-pyrrole nitrogens is 1. The number of ether oxygens (including phenoxy) is 1. The third-order valence-corrected chi connectivity index (χ3v) is 5.13. The van der Waals surface area contributed by atoms with Crippen molar-refractivity contribution in [1.82, 2.24) is 4.98 Å². The smallest absolute Gasteiger partial charge is 0.343 e. The maximum Gasteiger partial charge on any atom is 0.343 e. The van der Waals surface area contributed by atoms with Gasteiger partial charge in [0, 0.05) is 23.7 Å². The van der Waals surface area contributed by atoms with Gasteiger partial charge in [-0.2, -0.15) is 0 Å². The maximum atomic E-state index is 13.0. The van der Waals surface area contributed by atoms with E-state index in [-0.39, 0.29) is 34.8 Å². The van der Waals surface area contributed by atoms with Crippen LogP contribution in [0.2, 0.25) is 0 Å². The first-order chi connectivity index (χ1) is 11.3. The number of carbonyl (C=O) groups is 2. The number of esters is 1. The molecule has 0 spiro atoms. The molecule has 3 rings (SSSR count). The number of pyridine rings is 1. The number of aromatic amines is 1. The highest BCUT2D eigenvalue weighted by Crippen LogP contribution is 2.37. The van der Waals surface area contributed by atoms with Crippen LogP contribution in [-0.4, -0.2) is 23.3 Å². The van der Waals surface area contributed by atoms with Crippen molar-refractivity contribution in [3.05, 3.63) is 32.7 Å². The third kappa shape index (κ3) is 2.92. The zero-order chi connectivity index (χ0) is 17.5. The second-order valence-corrected chi connectivity index (χ2v) is 7.74. The second-order valence-electron chi connectivity index (χ2n) is 7.74. The Morgan fingerprint density at radius 2 is 1.88 bits per heavy atom. The molecule has 1 saturated carbocycles. The van der Waals surface area contributed by atoms with Gasteiger partial charge in [-0.1, -0.05) is 26.7 Å². The Bertz CT molecular complexity index is 738. The van der Waals surface area contributed by atoms with Gasteiger partial charge < -0.3 is 9.72 Å². The quantitative estimate of drug-likeness (QED) is 0.862. The summed E-state index contributed by atoms with van der Waals surface area (Å²) in [4.78, 5) is 41.2. The fraction of sp³-hybridized carbons (Fsp3) is 0.632. The second kappa shape index (κ2) is 6.19. The number of hydrogen-bond acceptors (Lipinski definition) is 4. The van der Waals surface area contributed by atoms with Crippen LogP contribution in [0, 0.1) is 5.41 Å². The summed E-state index contributed by atoms with van der Waals surface area (Å²) in [5.74, 6) is -0.616. The number of rotatable bonds is 3. The minimum Gasteiger partial charge on any atom is -0.462 e. The molecule has 5 heteroatoms. The summed E-state index contributed by atoms with van der Waals surface area (Å²) < 4.78 is 5.11. The van der Waals surface area contributed by atoms with Gasteiger partial charge in [-0.25, -0.2) is 4.79 Å². The van der Waals surface area contributed by atoms with Gasteiger partial charge in [0.05, 0.1) is 12.2 Å². The molecule has 0 radical (unpaired) electrons. The Labute approximate surface area is 141 Å². The topological polar surface area (TPSA) is 76.2 Å². The van der Waals surface area contributed by atoms with E-state index in [1.165, 1.54) is 0 Å². The fourth-order valence-corrected chi connectivity index (χ4v) is 4.09. The molecule has 0 saturated heterocycles. The van der Waals surface area contributed by atoms with Crippen molar-refractivity contribution in [1.29, 1.82) is 0 Å². The molecule has 0 amide bonds. The molecular weight excluding hydrogens is 306 g/mol. The largest absolute Gasteiger partial charge is 0.462 e. The summed E-state index contributed by atoms with van der Waals surface area (Å²) in [7, 11) is 0. The molecule has 0 atom stereocenters. The lowest BCUT2D eigenvalue weighted by Crippen LogP contribution is -2.36. The zero-order valence-corrected chi connectivity index (χ0v) is 14.7. The van der Waals surface area contributed by atoms with E-state index in [1.807, 2.05) is 13.8 Å². The Morgan fingerprint density at radius 3 is 2.50 bits per heavy atom. The van der Waals surface area contributed by atoms with Crippen molar-refractivity contribution < 1.29 is 14.3 Å². The summed E-state index contributed by atoms with van der Waals surface area (Å²) >= 11 is 0. The van der Waals surface area contributed by atoms with Crippen LogP contribution >= 0.6 is 0 Å². The minimum absolute atomic E-state index is 0.0514. The number of carbonyl (C=O) groups excluding carboxylic acids is 2.